The second-order valence-electron chi connectivity index (χ2n) is 4.60. The molecule has 0 aliphatic heterocycles. The number of hydrogen-bond donors (Lipinski definition) is 1. The van der Waals surface area contributed by atoms with Crippen molar-refractivity contribution in [3.8, 4) is 0 Å². The summed E-state index contributed by atoms with van der Waals surface area (Å²) >= 11 is 10.9. The molecule has 0 aliphatic rings. The van der Waals surface area contributed by atoms with E-state index in [0.29, 0.717) is 0 Å². The van der Waals surface area contributed by atoms with E-state index in [0.717, 1.165) is 28.7 Å². The molecule has 20 heavy (non-hydrogen) atoms. The van der Waals surface area contributed by atoms with Crippen molar-refractivity contribution < 1.29 is 4.39 Å². The Morgan fingerprint density at radius 2 is 2.15 bits per heavy atom. The van der Waals surface area contributed by atoms with Crippen LogP contribution in [0.1, 0.15) is 29.8 Å². The van der Waals surface area contributed by atoms with Crippen LogP contribution in [0.5, 0.6) is 0 Å². The second-order valence-corrected chi connectivity index (χ2v) is 7.50. The topological polar surface area (TPSA) is 12.0 Å². The summed E-state index contributed by atoms with van der Waals surface area (Å²) in [6.45, 7) is 3.08. The lowest BCUT2D eigenvalue weighted by Crippen LogP contribution is -2.23. The van der Waals surface area contributed by atoms with Crippen LogP contribution in [0.15, 0.2) is 34.1 Å². The number of nitrogens with one attached hydrogen (secondary N) is 1. The zero-order chi connectivity index (χ0) is 14.5. The van der Waals surface area contributed by atoms with Crippen LogP contribution in [0.25, 0.3) is 0 Å². The predicted octanol–water partition coefficient (Wildman–Crippen LogP) is 5.59. The fraction of sp³-hybridized carbons (Fsp3) is 0.333. The number of halogens is 3. The Labute approximate surface area is 136 Å². The highest BCUT2D eigenvalue weighted by molar-refractivity contribution is 9.11. The zero-order valence-electron chi connectivity index (χ0n) is 11.1. The Morgan fingerprint density at radius 1 is 1.35 bits per heavy atom. The molecule has 1 aromatic carbocycles. The predicted molar refractivity (Wildman–Crippen MR) is 88.2 cm³/mol. The first kappa shape index (κ1) is 16.0. The van der Waals surface area contributed by atoms with E-state index in [1.807, 2.05) is 12.1 Å². The molecule has 0 amide bonds. The van der Waals surface area contributed by atoms with Gasteiger partial charge in [-0.15, -0.1) is 11.3 Å². The highest BCUT2D eigenvalue weighted by Gasteiger charge is 2.14. The smallest absolute Gasteiger partial charge is 0.142 e. The van der Waals surface area contributed by atoms with Crippen molar-refractivity contribution in [2.75, 3.05) is 6.54 Å². The summed E-state index contributed by atoms with van der Waals surface area (Å²) < 4.78 is 14.6. The molecule has 0 radical (unpaired) electrons. The van der Waals surface area contributed by atoms with Gasteiger partial charge in [-0.3, -0.25) is 0 Å². The molecule has 1 N–H and O–H groups in total. The van der Waals surface area contributed by atoms with Crippen LogP contribution in [0.4, 0.5) is 4.39 Å². The summed E-state index contributed by atoms with van der Waals surface area (Å²) in [7, 11) is 0. The summed E-state index contributed by atoms with van der Waals surface area (Å²) in [5.74, 6) is -0.356. The standard InChI is InChI=1S/C15H16BrClFNS/c1-2-7-19-13(14-5-6-15(16)20-14)9-10-3-4-11(17)12(18)8-10/h3-6,8,13,19H,2,7,9H2,1H3. The molecule has 2 rings (SSSR count). The third kappa shape index (κ3) is 4.29. The molecule has 0 saturated heterocycles. The minimum absolute atomic E-state index is 0.172. The van der Waals surface area contributed by atoms with Crippen molar-refractivity contribution >= 4 is 38.9 Å². The Hall–Kier alpha value is -0.420. The SMILES string of the molecule is CCCNC(Cc1ccc(Cl)c(F)c1)c1ccc(Br)s1. The molecular formula is C15H16BrClFNS. The van der Waals surface area contributed by atoms with Crippen molar-refractivity contribution in [3.63, 3.8) is 0 Å². The van der Waals surface area contributed by atoms with E-state index >= 15 is 0 Å². The largest absolute Gasteiger partial charge is 0.309 e. The van der Waals surface area contributed by atoms with Crippen LogP contribution >= 0.6 is 38.9 Å². The highest BCUT2D eigenvalue weighted by atomic mass is 79.9. The maximum Gasteiger partial charge on any atom is 0.142 e. The van der Waals surface area contributed by atoms with Crippen LogP contribution in [0.2, 0.25) is 5.02 Å². The van der Waals surface area contributed by atoms with Crippen molar-refractivity contribution in [3.05, 3.63) is 55.4 Å². The molecular weight excluding hydrogens is 361 g/mol. The second kappa shape index (κ2) is 7.55. The molecule has 1 unspecified atom stereocenters. The van der Waals surface area contributed by atoms with Crippen LogP contribution in [0.3, 0.4) is 0 Å². The summed E-state index contributed by atoms with van der Waals surface area (Å²) in [4.78, 5) is 1.25. The number of benzene rings is 1. The zero-order valence-corrected chi connectivity index (χ0v) is 14.3. The minimum atomic E-state index is -0.356. The maximum atomic E-state index is 13.5. The van der Waals surface area contributed by atoms with Crippen molar-refractivity contribution in [1.82, 2.24) is 5.32 Å². The van der Waals surface area contributed by atoms with E-state index in [1.54, 1.807) is 17.4 Å². The minimum Gasteiger partial charge on any atom is -0.309 e. The Morgan fingerprint density at radius 3 is 2.75 bits per heavy atom. The van der Waals surface area contributed by atoms with Gasteiger partial charge in [0.25, 0.3) is 0 Å². The van der Waals surface area contributed by atoms with E-state index < -0.39 is 0 Å². The molecule has 5 heteroatoms. The first-order valence-corrected chi connectivity index (χ1v) is 8.51. The van der Waals surface area contributed by atoms with E-state index in [4.69, 9.17) is 11.6 Å². The fourth-order valence-electron chi connectivity index (χ4n) is 2.01. The van der Waals surface area contributed by atoms with Gasteiger partial charge in [-0.2, -0.15) is 0 Å². The highest BCUT2D eigenvalue weighted by Crippen LogP contribution is 2.30. The molecule has 2 aromatic rings. The van der Waals surface area contributed by atoms with Crippen molar-refractivity contribution in [1.29, 1.82) is 0 Å². The molecule has 0 fully saturated rings. The van der Waals surface area contributed by atoms with Crippen molar-refractivity contribution in [2.45, 2.75) is 25.8 Å². The lowest BCUT2D eigenvalue weighted by Gasteiger charge is -2.17. The van der Waals surface area contributed by atoms with E-state index in [9.17, 15) is 4.39 Å². The van der Waals surface area contributed by atoms with Crippen LogP contribution in [-0.4, -0.2) is 6.54 Å². The Bertz CT molecular complexity index is 573. The molecule has 1 atom stereocenters. The quantitative estimate of drug-likeness (QED) is 0.693. The van der Waals surface area contributed by atoms with E-state index in [2.05, 4.69) is 34.2 Å². The van der Waals surface area contributed by atoms with Gasteiger partial charge in [0.15, 0.2) is 0 Å². The van der Waals surface area contributed by atoms with Crippen LogP contribution in [0, 0.1) is 5.82 Å². The average molecular weight is 377 g/mol. The first-order chi connectivity index (χ1) is 9.60. The summed E-state index contributed by atoms with van der Waals surface area (Å²) in [5, 5.41) is 3.69. The molecule has 0 saturated carbocycles. The van der Waals surface area contributed by atoms with Crippen molar-refractivity contribution in [2.24, 2.45) is 0 Å². The monoisotopic (exact) mass is 375 g/mol. The lowest BCUT2D eigenvalue weighted by atomic mass is 10.0. The van der Waals surface area contributed by atoms with Gasteiger partial charge < -0.3 is 5.32 Å². The van der Waals surface area contributed by atoms with Gasteiger partial charge in [-0.25, -0.2) is 4.39 Å². The molecule has 1 aromatic heterocycles. The van der Waals surface area contributed by atoms with E-state index in [-0.39, 0.29) is 16.9 Å². The molecule has 0 aliphatic carbocycles. The van der Waals surface area contributed by atoms with E-state index in [1.165, 1.54) is 10.9 Å². The summed E-state index contributed by atoms with van der Waals surface area (Å²) in [6.07, 6.45) is 1.82. The van der Waals surface area contributed by atoms with Gasteiger partial charge >= 0.3 is 0 Å². The number of hydrogen-bond acceptors (Lipinski definition) is 2. The summed E-state index contributed by atoms with van der Waals surface area (Å²) in [5.41, 5.74) is 0.949. The molecule has 0 spiro atoms. The molecule has 0 bridgehead atoms. The van der Waals surface area contributed by atoms with Gasteiger partial charge in [-0.1, -0.05) is 24.6 Å². The van der Waals surface area contributed by atoms with Crippen LogP contribution in [-0.2, 0) is 6.42 Å². The third-order valence-electron chi connectivity index (χ3n) is 3.00. The molecule has 1 nitrogen and oxygen atoms in total. The normalized spacial score (nSPS) is 12.6. The van der Waals surface area contributed by atoms with Gasteiger partial charge in [0.2, 0.25) is 0 Å². The third-order valence-corrected chi connectivity index (χ3v) is 5.05. The Balaban J connectivity index is 2.16. The Kier molecular flexibility index (Phi) is 6.02. The number of thiophene rings is 1. The number of rotatable bonds is 6. The first-order valence-electron chi connectivity index (χ1n) is 6.52. The maximum absolute atomic E-state index is 13.5. The van der Waals surface area contributed by atoms with Gasteiger partial charge in [0.1, 0.15) is 5.82 Å². The fourth-order valence-corrected chi connectivity index (χ4v) is 3.63. The summed E-state index contributed by atoms with van der Waals surface area (Å²) in [6, 6.07) is 9.37. The van der Waals surface area contributed by atoms with Gasteiger partial charge in [-0.05, 0) is 65.1 Å². The van der Waals surface area contributed by atoms with Gasteiger partial charge in [0, 0.05) is 10.9 Å². The molecule has 1 heterocycles. The lowest BCUT2D eigenvalue weighted by molar-refractivity contribution is 0.534. The molecule has 108 valence electrons. The average Bonchev–Trinajstić information content (AvgIpc) is 2.85. The van der Waals surface area contributed by atoms with Gasteiger partial charge in [0.05, 0.1) is 8.81 Å². The van der Waals surface area contributed by atoms with Crippen LogP contribution < -0.4 is 5.32 Å².